The average Bonchev–Trinajstić information content (AvgIpc) is 3.14. The third-order valence-electron chi connectivity index (χ3n) is 3.82. The maximum Gasteiger partial charge on any atom is 0.224 e. The Morgan fingerprint density at radius 1 is 1.12 bits per heavy atom. The highest BCUT2D eigenvalue weighted by atomic mass is 16.5. The third-order valence-corrected chi connectivity index (χ3v) is 3.82. The van der Waals surface area contributed by atoms with Crippen LogP contribution in [0.15, 0.2) is 61.2 Å². The van der Waals surface area contributed by atoms with Crippen LogP contribution in [0, 0.1) is 0 Å². The van der Waals surface area contributed by atoms with Crippen molar-refractivity contribution in [1.29, 1.82) is 0 Å². The van der Waals surface area contributed by atoms with Gasteiger partial charge < -0.3 is 10.1 Å². The van der Waals surface area contributed by atoms with E-state index in [9.17, 15) is 4.79 Å². The van der Waals surface area contributed by atoms with E-state index < -0.39 is 0 Å². The first kappa shape index (κ1) is 16.7. The molecule has 0 saturated carbocycles. The Labute approximate surface area is 146 Å². The van der Waals surface area contributed by atoms with Crippen molar-refractivity contribution in [1.82, 2.24) is 20.1 Å². The summed E-state index contributed by atoms with van der Waals surface area (Å²) in [6, 6.07) is 15.6. The second kappa shape index (κ2) is 8.10. The lowest BCUT2D eigenvalue weighted by atomic mass is 10.1. The van der Waals surface area contributed by atoms with E-state index in [0.717, 1.165) is 22.4 Å². The van der Waals surface area contributed by atoms with Crippen molar-refractivity contribution >= 4 is 5.91 Å². The summed E-state index contributed by atoms with van der Waals surface area (Å²) >= 11 is 0. The summed E-state index contributed by atoms with van der Waals surface area (Å²) in [5.41, 5.74) is 3.12. The van der Waals surface area contributed by atoms with Gasteiger partial charge in [-0.15, -0.1) is 0 Å². The van der Waals surface area contributed by atoms with E-state index in [4.69, 9.17) is 4.74 Å². The lowest BCUT2D eigenvalue weighted by Gasteiger charge is -2.08. The molecular formula is C19H20N4O2. The summed E-state index contributed by atoms with van der Waals surface area (Å²) in [6.45, 7) is 1.19. The predicted molar refractivity (Wildman–Crippen MR) is 94.1 cm³/mol. The van der Waals surface area contributed by atoms with Crippen molar-refractivity contribution in [3.05, 3.63) is 77.9 Å². The summed E-state index contributed by atoms with van der Waals surface area (Å²) in [5, 5.41) is 7.03. The number of hydrogen-bond acceptors (Lipinski definition) is 4. The number of nitrogens with zero attached hydrogens (tertiary/aromatic N) is 3. The Bertz CT molecular complexity index is 814. The van der Waals surface area contributed by atoms with Gasteiger partial charge in [0, 0.05) is 6.54 Å². The maximum absolute atomic E-state index is 12.1. The van der Waals surface area contributed by atoms with Crippen LogP contribution in [-0.4, -0.2) is 27.8 Å². The largest absolute Gasteiger partial charge is 0.497 e. The second-order valence-electron chi connectivity index (χ2n) is 5.71. The van der Waals surface area contributed by atoms with Crippen LogP contribution in [0.4, 0.5) is 0 Å². The number of ether oxygens (including phenoxy) is 1. The van der Waals surface area contributed by atoms with Crippen LogP contribution in [0.2, 0.25) is 0 Å². The highest BCUT2D eigenvalue weighted by molar-refractivity contribution is 5.78. The summed E-state index contributed by atoms with van der Waals surface area (Å²) in [7, 11) is 1.62. The van der Waals surface area contributed by atoms with Crippen molar-refractivity contribution < 1.29 is 9.53 Å². The topological polar surface area (TPSA) is 69.0 Å². The zero-order valence-electron chi connectivity index (χ0n) is 14.1. The van der Waals surface area contributed by atoms with E-state index >= 15 is 0 Å². The molecule has 0 aliphatic heterocycles. The van der Waals surface area contributed by atoms with Gasteiger partial charge >= 0.3 is 0 Å². The number of carbonyl (C=O) groups excluding carboxylic acids is 1. The van der Waals surface area contributed by atoms with Gasteiger partial charge in [0.2, 0.25) is 5.91 Å². The first-order chi connectivity index (χ1) is 12.2. The molecule has 1 N–H and O–H groups in total. The fourth-order valence-electron chi connectivity index (χ4n) is 2.49. The first-order valence-electron chi connectivity index (χ1n) is 8.03. The van der Waals surface area contributed by atoms with Gasteiger partial charge in [0.25, 0.3) is 0 Å². The quantitative estimate of drug-likeness (QED) is 0.718. The standard InChI is InChI=1S/C19H20N4O2/c1-25-18-4-2-3-17(9-18)10-19(24)21-11-15-5-7-16(8-6-15)12-23-14-20-13-22-23/h2-9,13-14H,10-12H2,1H3,(H,21,24). The molecule has 0 bridgehead atoms. The third kappa shape index (κ3) is 4.91. The molecular weight excluding hydrogens is 316 g/mol. The minimum Gasteiger partial charge on any atom is -0.497 e. The van der Waals surface area contributed by atoms with E-state index in [1.807, 2.05) is 48.5 Å². The van der Waals surface area contributed by atoms with Gasteiger partial charge in [-0.25, -0.2) is 9.67 Å². The Morgan fingerprint density at radius 3 is 2.64 bits per heavy atom. The van der Waals surface area contributed by atoms with Gasteiger partial charge in [-0.3, -0.25) is 4.79 Å². The van der Waals surface area contributed by atoms with Gasteiger partial charge in [0.1, 0.15) is 18.4 Å². The van der Waals surface area contributed by atoms with E-state index in [-0.39, 0.29) is 5.91 Å². The van der Waals surface area contributed by atoms with Crippen LogP contribution in [0.3, 0.4) is 0 Å². The molecule has 0 unspecified atom stereocenters. The highest BCUT2D eigenvalue weighted by Crippen LogP contribution is 2.13. The molecule has 0 radical (unpaired) electrons. The molecule has 3 aromatic rings. The van der Waals surface area contributed by atoms with Crippen LogP contribution in [0.1, 0.15) is 16.7 Å². The molecule has 0 saturated heterocycles. The highest BCUT2D eigenvalue weighted by Gasteiger charge is 2.05. The van der Waals surface area contributed by atoms with Gasteiger partial charge in [-0.1, -0.05) is 36.4 Å². The average molecular weight is 336 g/mol. The fourth-order valence-corrected chi connectivity index (χ4v) is 2.49. The van der Waals surface area contributed by atoms with Crippen molar-refractivity contribution in [2.75, 3.05) is 7.11 Å². The number of nitrogens with one attached hydrogen (secondary N) is 1. The molecule has 1 heterocycles. The van der Waals surface area contributed by atoms with Gasteiger partial charge in [-0.05, 0) is 28.8 Å². The van der Waals surface area contributed by atoms with Crippen molar-refractivity contribution in [2.24, 2.45) is 0 Å². The van der Waals surface area contributed by atoms with Crippen LogP contribution in [0.25, 0.3) is 0 Å². The smallest absolute Gasteiger partial charge is 0.224 e. The molecule has 0 aliphatic carbocycles. The van der Waals surface area contributed by atoms with Gasteiger partial charge in [0.05, 0.1) is 20.1 Å². The number of benzene rings is 2. The predicted octanol–water partition coefficient (Wildman–Crippen LogP) is 2.19. The van der Waals surface area contributed by atoms with Crippen LogP contribution >= 0.6 is 0 Å². The molecule has 1 amide bonds. The molecule has 6 heteroatoms. The molecule has 25 heavy (non-hydrogen) atoms. The Balaban J connectivity index is 1.49. The van der Waals surface area contributed by atoms with Crippen LogP contribution < -0.4 is 10.1 Å². The van der Waals surface area contributed by atoms with Crippen LogP contribution in [-0.2, 0) is 24.3 Å². The summed E-state index contributed by atoms with van der Waals surface area (Å²) in [6.07, 6.45) is 3.54. The molecule has 2 aromatic carbocycles. The minimum absolute atomic E-state index is 0.0139. The van der Waals surface area contributed by atoms with E-state index in [0.29, 0.717) is 19.5 Å². The van der Waals surface area contributed by atoms with Crippen LogP contribution in [0.5, 0.6) is 5.75 Å². The minimum atomic E-state index is -0.0139. The zero-order chi connectivity index (χ0) is 17.5. The number of amides is 1. The Morgan fingerprint density at radius 2 is 1.92 bits per heavy atom. The zero-order valence-corrected chi connectivity index (χ0v) is 14.1. The Kier molecular flexibility index (Phi) is 5.41. The summed E-state index contributed by atoms with van der Waals surface area (Å²) < 4.78 is 6.94. The van der Waals surface area contributed by atoms with Crippen molar-refractivity contribution in [3.63, 3.8) is 0 Å². The monoisotopic (exact) mass is 336 g/mol. The second-order valence-corrected chi connectivity index (χ2v) is 5.71. The number of rotatable bonds is 7. The van der Waals surface area contributed by atoms with Crippen molar-refractivity contribution in [3.8, 4) is 5.75 Å². The number of aromatic nitrogens is 3. The van der Waals surface area contributed by atoms with Gasteiger partial charge in [-0.2, -0.15) is 5.10 Å². The normalized spacial score (nSPS) is 10.4. The lowest BCUT2D eigenvalue weighted by Crippen LogP contribution is -2.24. The molecule has 0 atom stereocenters. The number of carbonyl (C=O) groups is 1. The number of methoxy groups -OCH3 is 1. The molecule has 1 aromatic heterocycles. The SMILES string of the molecule is COc1cccc(CC(=O)NCc2ccc(Cn3cncn3)cc2)c1. The lowest BCUT2D eigenvalue weighted by molar-refractivity contribution is -0.120. The van der Waals surface area contributed by atoms with Gasteiger partial charge in [0.15, 0.2) is 0 Å². The van der Waals surface area contributed by atoms with E-state index in [1.54, 1.807) is 18.1 Å². The molecule has 3 rings (SSSR count). The first-order valence-corrected chi connectivity index (χ1v) is 8.03. The Hall–Kier alpha value is -3.15. The molecule has 0 fully saturated rings. The maximum atomic E-state index is 12.1. The fraction of sp³-hybridized carbons (Fsp3) is 0.211. The molecule has 128 valence electrons. The number of hydrogen-bond donors (Lipinski definition) is 1. The summed E-state index contributed by atoms with van der Waals surface area (Å²) in [5.74, 6) is 0.744. The van der Waals surface area contributed by atoms with E-state index in [1.165, 1.54) is 6.33 Å². The van der Waals surface area contributed by atoms with E-state index in [2.05, 4.69) is 15.4 Å². The molecule has 6 nitrogen and oxygen atoms in total. The van der Waals surface area contributed by atoms with Crippen molar-refractivity contribution in [2.45, 2.75) is 19.5 Å². The summed E-state index contributed by atoms with van der Waals surface area (Å²) in [4.78, 5) is 16.0. The molecule has 0 aliphatic rings. The molecule has 0 spiro atoms.